The minimum absolute atomic E-state index is 0.164. The normalized spacial score (nSPS) is 14.2. The standard InChI is InChI=1S/C16H26O3S/c1-5-16(3,4)15-11-7-10-14(12-15)9-6-8-13(2)20(17,18)19/h7,10-13H,5-6,8-9H2,1-4H3,(H,17,18,19). The number of hydrogen-bond donors (Lipinski definition) is 1. The van der Waals surface area contributed by atoms with Gasteiger partial charge >= 0.3 is 0 Å². The van der Waals surface area contributed by atoms with Crippen LogP contribution < -0.4 is 0 Å². The van der Waals surface area contributed by atoms with E-state index in [9.17, 15) is 8.42 Å². The first kappa shape index (κ1) is 17.2. The van der Waals surface area contributed by atoms with E-state index in [0.29, 0.717) is 6.42 Å². The first-order valence-electron chi connectivity index (χ1n) is 7.22. The fraction of sp³-hybridized carbons (Fsp3) is 0.625. The predicted molar refractivity (Wildman–Crippen MR) is 83.7 cm³/mol. The van der Waals surface area contributed by atoms with Crippen LogP contribution >= 0.6 is 0 Å². The SMILES string of the molecule is CCC(C)(C)c1cccc(CCCC(C)S(=O)(=O)O)c1. The zero-order valence-electron chi connectivity index (χ0n) is 12.9. The van der Waals surface area contributed by atoms with Gasteiger partial charge in [0.05, 0.1) is 5.25 Å². The van der Waals surface area contributed by atoms with Gasteiger partial charge in [0, 0.05) is 0 Å². The first-order chi connectivity index (χ1) is 9.16. The van der Waals surface area contributed by atoms with Crippen LogP contribution in [0.25, 0.3) is 0 Å². The highest BCUT2D eigenvalue weighted by molar-refractivity contribution is 7.86. The summed E-state index contributed by atoms with van der Waals surface area (Å²) in [6.45, 7) is 8.19. The van der Waals surface area contributed by atoms with E-state index in [0.717, 1.165) is 19.3 Å². The van der Waals surface area contributed by atoms with E-state index in [4.69, 9.17) is 4.55 Å². The molecule has 0 fully saturated rings. The molecule has 0 heterocycles. The van der Waals surface area contributed by atoms with Crippen molar-refractivity contribution in [2.45, 2.75) is 64.0 Å². The molecule has 1 atom stereocenters. The molecular weight excluding hydrogens is 272 g/mol. The first-order valence-corrected chi connectivity index (χ1v) is 8.73. The lowest BCUT2D eigenvalue weighted by Crippen LogP contribution is -2.17. The monoisotopic (exact) mass is 298 g/mol. The van der Waals surface area contributed by atoms with E-state index < -0.39 is 15.4 Å². The van der Waals surface area contributed by atoms with E-state index in [-0.39, 0.29) is 5.41 Å². The lowest BCUT2D eigenvalue weighted by atomic mass is 9.81. The van der Waals surface area contributed by atoms with Gasteiger partial charge in [-0.3, -0.25) is 4.55 Å². The molecule has 0 aromatic heterocycles. The van der Waals surface area contributed by atoms with E-state index >= 15 is 0 Å². The van der Waals surface area contributed by atoms with Gasteiger partial charge < -0.3 is 0 Å². The molecule has 0 aliphatic heterocycles. The lowest BCUT2D eigenvalue weighted by Gasteiger charge is -2.24. The van der Waals surface area contributed by atoms with Gasteiger partial charge in [0.1, 0.15) is 0 Å². The Morgan fingerprint density at radius 2 is 1.95 bits per heavy atom. The molecule has 1 unspecified atom stereocenters. The van der Waals surface area contributed by atoms with Crippen molar-refractivity contribution in [2.75, 3.05) is 0 Å². The van der Waals surface area contributed by atoms with Crippen molar-refractivity contribution in [3.63, 3.8) is 0 Å². The largest absolute Gasteiger partial charge is 0.285 e. The third-order valence-electron chi connectivity index (χ3n) is 4.18. The smallest absolute Gasteiger partial charge is 0.267 e. The zero-order valence-corrected chi connectivity index (χ0v) is 13.7. The van der Waals surface area contributed by atoms with Crippen molar-refractivity contribution < 1.29 is 13.0 Å². The highest BCUT2D eigenvalue weighted by atomic mass is 32.2. The summed E-state index contributed by atoms with van der Waals surface area (Å²) in [6, 6.07) is 8.50. The maximum absolute atomic E-state index is 11.0. The molecule has 0 saturated heterocycles. The molecule has 1 aromatic rings. The Kier molecular flexibility index (Phi) is 5.78. The summed E-state index contributed by atoms with van der Waals surface area (Å²) in [4.78, 5) is 0. The van der Waals surface area contributed by atoms with Crippen LogP contribution in [0, 0.1) is 0 Å². The number of aryl methyl sites for hydroxylation is 1. The Labute approximate surface area is 123 Å². The van der Waals surface area contributed by atoms with Crippen molar-refractivity contribution in [1.29, 1.82) is 0 Å². The van der Waals surface area contributed by atoms with Crippen molar-refractivity contribution in [3.05, 3.63) is 35.4 Å². The molecule has 20 heavy (non-hydrogen) atoms. The van der Waals surface area contributed by atoms with Gasteiger partial charge in [0.25, 0.3) is 10.1 Å². The molecule has 0 saturated carbocycles. The Morgan fingerprint density at radius 3 is 2.50 bits per heavy atom. The molecule has 3 nitrogen and oxygen atoms in total. The van der Waals surface area contributed by atoms with E-state index in [1.54, 1.807) is 6.92 Å². The number of rotatable bonds is 7. The molecule has 0 bridgehead atoms. The summed E-state index contributed by atoms with van der Waals surface area (Å²) in [7, 11) is -3.89. The molecule has 0 aliphatic rings. The van der Waals surface area contributed by atoms with Crippen molar-refractivity contribution in [2.24, 2.45) is 0 Å². The second kappa shape index (κ2) is 6.72. The molecule has 4 heteroatoms. The van der Waals surface area contributed by atoms with Crippen LogP contribution in [0.2, 0.25) is 0 Å². The molecule has 0 aliphatic carbocycles. The molecule has 114 valence electrons. The van der Waals surface area contributed by atoms with Crippen molar-refractivity contribution in [1.82, 2.24) is 0 Å². The highest BCUT2D eigenvalue weighted by Gasteiger charge is 2.19. The van der Waals surface area contributed by atoms with Gasteiger partial charge in [0.15, 0.2) is 0 Å². The molecule has 1 N–H and O–H groups in total. The molecule has 0 radical (unpaired) electrons. The van der Waals surface area contributed by atoms with Gasteiger partial charge in [-0.2, -0.15) is 8.42 Å². The van der Waals surface area contributed by atoms with E-state index in [1.807, 2.05) is 0 Å². The van der Waals surface area contributed by atoms with Gasteiger partial charge in [-0.15, -0.1) is 0 Å². The summed E-state index contributed by atoms with van der Waals surface area (Å²) < 4.78 is 30.8. The Bertz CT molecular complexity index is 532. The predicted octanol–water partition coefficient (Wildman–Crippen LogP) is 3.97. The molecule has 0 amide bonds. The van der Waals surface area contributed by atoms with Crippen LogP contribution in [0.4, 0.5) is 0 Å². The minimum Gasteiger partial charge on any atom is -0.285 e. The van der Waals surface area contributed by atoms with Crippen LogP contribution in [0.5, 0.6) is 0 Å². The Morgan fingerprint density at radius 1 is 1.30 bits per heavy atom. The third kappa shape index (κ3) is 4.91. The molecular formula is C16H26O3S. The Hall–Kier alpha value is -0.870. The van der Waals surface area contributed by atoms with Gasteiger partial charge in [0.2, 0.25) is 0 Å². The average molecular weight is 298 g/mol. The van der Waals surface area contributed by atoms with Crippen molar-refractivity contribution >= 4 is 10.1 Å². The van der Waals surface area contributed by atoms with Gasteiger partial charge in [-0.05, 0) is 49.1 Å². The summed E-state index contributed by atoms with van der Waals surface area (Å²) >= 11 is 0. The number of hydrogen-bond acceptors (Lipinski definition) is 2. The third-order valence-corrected chi connectivity index (χ3v) is 5.43. The fourth-order valence-corrected chi connectivity index (χ4v) is 2.56. The van der Waals surface area contributed by atoms with E-state index in [1.165, 1.54) is 11.1 Å². The Balaban J connectivity index is 2.64. The van der Waals surface area contributed by atoms with Crippen LogP contribution in [-0.2, 0) is 22.0 Å². The maximum atomic E-state index is 11.0. The molecule has 0 spiro atoms. The maximum Gasteiger partial charge on any atom is 0.267 e. The van der Waals surface area contributed by atoms with Crippen LogP contribution in [-0.4, -0.2) is 18.2 Å². The summed E-state index contributed by atoms with van der Waals surface area (Å²) in [5.74, 6) is 0. The molecule has 1 aromatic carbocycles. The van der Waals surface area contributed by atoms with E-state index in [2.05, 4.69) is 45.0 Å². The second-order valence-electron chi connectivity index (χ2n) is 6.16. The average Bonchev–Trinajstić information content (AvgIpc) is 2.38. The van der Waals surface area contributed by atoms with Crippen LogP contribution in [0.1, 0.15) is 58.1 Å². The minimum atomic E-state index is -3.89. The highest BCUT2D eigenvalue weighted by Crippen LogP contribution is 2.27. The topological polar surface area (TPSA) is 54.4 Å². The van der Waals surface area contributed by atoms with Gasteiger partial charge in [-0.25, -0.2) is 0 Å². The zero-order chi connectivity index (χ0) is 15.4. The van der Waals surface area contributed by atoms with Crippen LogP contribution in [0.3, 0.4) is 0 Å². The summed E-state index contributed by atoms with van der Waals surface area (Å²) in [5, 5.41) is -0.683. The quantitative estimate of drug-likeness (QED) is 0.775. The molecule has 1 rings (SSSR count). The second-order valence-corrected chi connectivity index (χ2v) is 7.99. The fourth-order valence-electron chi connectivity index (χ4n) is 2.09. The summed E-state index contributed by atoms with van der Waals surface area (Å²) in [6.07, 6.45) is 3.17. The number of benzene rings is 1. The van der Waals surface area contributed by atoms with Crippen LogP contribution in [0.15, 0.2) is 24.3 Å². The van der Waals surface area contributed by atoms with Crippen molar-refractivity contribution in [3.8, 4) is 0 Å². The summed E-state index contributed by atoms with van der Waals surface area (Å²) in [5.41, 5.74) is 2.71. The van der Waals surface area contributed by atoms with Gasteiger partial charge in [-0.1, -0.05) is 45.0 Å². The lowest BCUT2D eigenvalue weighted by molar-refractivity contribution is 0.464.